The summed E-state index contributed by atoms with van der Waals surface area (Å²) in [5.74, 6) is 0.663. The summed E-state index contributed by atoms with van der Waals surface area (Å²) in [5.41, 5.74) is 3.31. The lowest BCUT2D eigenvalue weighted by atomic mass is 10.1. The predicted molar refractivity (Wildman–Crippen MR) is 74.1 cm³/mol. The van der Waals surface area contributed by atoms with Gasteiger partial charge in [-0.1, -0.05) is 29.5 Å². The van der Waals surface area contributed by atoms with E-state index < -0.39 is 0 Å². The molecule has 19 heavy (non-hydrogen) atoms. The molecule has 0 aliphatic rings. The van der Waals surface area contributed by atoms with Crippen molar-refractivity contribution in [3.63, 3.8) is 0 Å². The zero-order valence-electron chi connectivity index (χ0n) is 11.2. The molecule has 0 amide bonds. The first-order chi connectivity index (χ1) is 9.11. The molecule has 0 fully saturated rings. The van der Waals surface area contributed by atoms with Crippen LogP contribution in [0.3, 0.4) is 0 Å². The van der Waals surface area contributed by atoms with Gasteiger partial charge in [-0.25, -0.2) is 0 Å². The molecule has 1 aromatic carbocycles. The van der Waals surface area contributed by atoms with E-state index in [1.807, 2.05) is 26.0 Å². The molecule has 1 aromatic heterocycles. The Bertz CT molecular complexity index is 614. The fraction of sp³-hybridized carbons (Fsp3) is 0.385. The van der Waals surface area contributed by atoms with Crippen molar-refractivity contribution >= 4 is 11.8 Å². The number of aryl methyl sites for hydroxylation is 2. The van der Waals surface area contributed by atoms with Gasteiger partial charge in [-0.05, 0) is 42.8 Å². The lowest BCUT2D eigenvalue weighted by Crippen LogP contribution is -2.03. The second-order valence-electron chi connectivity index (χ2n) is 4.50. The molecule has 0 bridgehead atoms. The fourth-order valence-corrected chi connectivity index (χ4v) is 2.52. The maximum atomic E-state index is 8.80. The van der Waals surface area contributed by atoms with Gasteiger partial charge in [-0.3, -0.25) is 0 Å². The largest absolute Gasteiger partial charge is 0.214 e. The molecule has 2 aromatic rings. The van der Waals surface area contributed by atoms with E-state index in [4.69, 9.17) is 5.26 Å². The predicted octanol–water partition coefficient (Wildman–Crippen LogP) is 2.53. The number of hydrogen-bond donors (Lipinski definition) is 0. The van der Waals surface area contributed by atoms with Crippen molar-refractivity contribution < 1.29 is 0 Å². The highest BCUT2D eigenvalue weighted by atomic mass is 32.2. The lowest BCUT2D eigenvalue weighted by Gasteiger charge is -2.08. The van der Waals surface area contributed by atoms with E-state index in [1.54, 1.807) is 4.68 Å². The number of thioether (sulfide) groups is 1. The highest BCUT2D eigenvalue weighted by Crippen LogP contribution is 2.22. The highest BCUT2D eigenvalue weighted by Gasteiger charge is 2.12. The van der Waals surface area contributed by atoms with Crippen LogP contribution in [0.2, 0.25) is 0 Å². The molecular formula is C13H15N5S. The third-order valence-corrected chi connectivity index (χ3v) is 3.88. The minimum Gasteiger partial charge on any atom is -0.198 e. The van der Waals surface area contributed by atoms with Gasteiger partial charge in [0.1, 0.15) is 0 Å². The summed E-state index contributed by atoms with van der Waals surface area (Å²) >= 11 is 1.50. The molecule has 6 heteroatoms. The molecule has 98 valence electrons. The minimum atomic E-state index is -0.0192. The van der Waals surface area contributed by atoms with E-state index in [2.05, 4.69) is 34.6 Å². The molecule has 0 radical (unpaired) electrons. The number of benzene rings is 1. The van der Waals surface area contributed by atoms with Crippen LogP contribution >= 0.6 is 11.8 Å². The van der Waals surface area contributed by atoms with E-state index in [0.717, 1.165) is 11.3 Å². The molecule has 1 atom stereocenters. The first-order valence-electron chi connectivity index (χ1n) is 6.00. The van der Waals surface area contributed by atoms with E-state index in [9.17, 15) is 0 Å². The summed E-state index contributed by atoms with van der Waals surface area (Å²) in [4.78, 5) is 0. The van der Waals surface area contributed by atoms with Crippen molar-refractivity contribution in [2.75, 3.05) is 5.75 Å². The average Bonchev–Trinajstić information content (AvgIpc) is 2.84. The molecule has 0 saturated heterocycles. The Morgan fingerprint density at radius 1 is 1.42 bits per heavy atom. The Balaban J connectivity index is 2.26. The van der Waals surface area contributed by atoms with E-state index in [0.29, 0.717) is 10.9 Å². The first kappa shape index (κ1) is 13.6. The van der Waals surface area contributed by atoms with Crippen LogP contribution in [0.5, 0.6) is 0 Å². The van der Waals surface area contributed by atoms with Crippen molar-refractivity contribution in [3.8, 4) is 11.8 Å². The van der Waals surface area contributed by atoms with Gasteiger partial charge >= 0.3 is 0 Å². The van der Waals surface area contributed by atoms with Gasteiger partial charge in [0.25, 0.3) is 0 Å². The molecule has 0 aliphatic heterocycles. The maximum absolute atomic E-state index is 8.80. The van der Waals surface area contributed by atoms with Gasteiger partial charge in [0.2, 0.25) is 5.16 Å². The number of nitrogens with zero attached hydrogens (tertiary/aromatic N) is 5. The minimum absolute atomic E-state index is 0.0192. The summed E-state index contributed by atoms with van der Waals surface area (Å²) in [7, 11) is 0. The van der Waals surface area contributed by atoms with Crippen LogP contribution in [-0.4, -0.2) is 26.0 Å². The van der Waals surface area contributed by atoms with Crippen LogP contribution < -0.4 is 0 Å². The smallest absolute Gasteiger partial charge is 0.198 e. The van der Waals surface area contributed by atoms with Crippen molar-refractivity contribution in [1.29, 1.82) is 5.26 Å². The molecule has 5 nitrogen and oxygen atoms in total. The number of nitriles is 1. The number of aromatic nitrogens is 4. The first-order valence-corrected chi connectivity index (χ1v) is 6.99. The molecule has 2 rings (SSSR count). The summed E-state index contributed by atoms with van der Waals surface area (Å²) in [6, 6.07) is 8.36. The molecule has 1 heterocycles. The Labute approximate surface area is 116 Å². The van der Waals surface area contributed by atoms with Gasteiger partial charge in [-0.2, -0.15) is 9.94 Å². The zero-order valence-corrected chi connectivity index (χ0v) is 12.0. The standard InChI is InChI=1S/C13H15N5S/c1-9-4-5-12(11(3)6-9)18-13(15-16-17-18)19-8-10(2)7-14/h4-6,10H,8H2,1-3H3/t10-/m1/s1. The molecule has 0 unspecified atom stereocenters. The third-order valence-electron chi connectivity index (χ3n) is 2.70. The van der Waals surface area contributed by atoms with Crippen LogP contribution in [0.15, 0.2) is 23.4 Å². The normalized spacial score (nSPS) is 12.1. The molecule has 0 aliphatic carbocycles. The molecular weight excluding hydrogens is 258 g/mol. The monoisotopic (exact) mass is 273 g/mol. The summed E-state index contributed by atoms with van der Waals surface area (Å²) in [6.07, 6.45) is 0. The summed E-state index contributed by atoms with van der Waals surface area (Å²) < 4.78 is 1.73. The Morgan fingerprint density at radius 3 is 2.89 bits per heavy atom. The molecule has 0 N–H and O–H groups in total. The van der Waals surface area contributed by atoms with Crippen molar-refractivity contribution in [2.45, 2.75) is 25.9 Å². The number of rotatable bonds is 4. The Kier molecular flexibility index (Phi) is 4.17. The zero-order chi connectivity index (χ0) is 13.8. The Hall–Kier alpha value is -1.87. The van der Waals surface area contributed by atoms with Gasteiger partial charge in [0.15, 0.2) is 0 Å². The number of tetrazole rings is 1. The quantitative estimate of drug-likeness (QED) is 0.801. The van der Waals surface area contributed by atoms with E-state index >= 15 is 0 Å². The lowest BCUT2D eigenvalue weighted by molar-refractivity contribution is 0.749. The third kappa shape index (κ3) is 3.12. The fourth-order valence-electron chi connectivity index (χ4n) is 1.70. The molecule has 0 spiro atoms. The van der Waals surface area contributed by atoms with Gasteiger partial charge in [-0.15, -0.1) is 5.10 Å². The van der Waals surface area contributed by atoms with Crippen molar-refractivity contribution in [2.24, 2.45) is 5.92 Å². The van der Waals surface area contributed by atoms with Crippen LogP contribution in [0, 0.1) is 31.1 Å². The summed E-state index contributed by atoms with van der Waals surface area (Å²) in [5, 5.41) is 21.3. The van der Waals surface area contributed by atoms with Crippen LogP contribution in [-0.2, 0) is 0 Å². The molecule has 0 saturated carbocycles. The average molecular weight is 273 g/mol. The van der Waals surface area contributed by atoms with Crippen LogP contribution in [0.4, 0.5) is 0 Å². The SMILES string of the molecule is Cc1ccc(-n2nnnc2SC[C@H](C)C#N)c(C)c1. The summed E-state index contributed by atoms with van der Waals surface area (Å²) in [6.45, 7) is 5.98. The van der Waals surface area contributed by atoms with E-state index in [1.165, 1.54) is 17.3 Å². The van der Waals surface area contributed by atoms with Crippen LogP contribution in [0.1, 0.15) is 18.1 Å². The van der Waals surface area contributed by atoms with Gasteiger partial charge < -0.3 is 0 Å². The van der Waals surface area contributed by atoms with Gasteiger partial charge in [0.05, 0.1) is 17.7 Å². The van der Waals surface area contributed by atoms with Crippen molar-refractivity contribution in [1.82, 2.24) is 20.2 Å². The highest BCUT2D eigenvalue weighted by molar-refractivity contribution is 7.99. The topological polar surface area (TPSA) is 67.4 Å². The van der Waals surface area contributed by atoms with E-state index in [-0.39, 0.29) is 5.92 Å². The maximum Gasteiger partial charge on any atom is 0.214 e. The van der Waals surface area contributed by atoms with Crippen molar-refractivity contribution in [3.05, 3.63) is 29.3 Å². The second-order valence-corrected chi connectivity index (χ2v) is 5.49. The second kappa shape index (κ2) is 5.85. The Morgan fingerprint density at radius 2 is 2.21 bits per heavy atom. The van der Waals surface area contributed by atoms with Crippen LogP contribution in [0.25, 0.3) is 5.69 Å². The van der Waals surface area contributed by atoms with Gasteiger partial charge in [0, 0.05) is 5.75 Å². The number of hydrogen-bond acceptors (Lipinski definition) is 5.